The average molecular weight is 542 g/mol. The van der Waals surface area contributed by atoms with E-state index in [-0.39, 0.29) is 17.6 Å². The third kappa shape index (κ3) is 9.80. The Labute approximate surface area is 224 Å². The number of nitrogens with two attached hydrogens (primary N) is 1. The number of ether oxygens (including phenoxy) is 1. The van der Waals surface area contributed by atoms with Crippen LogP contribution in [0, 0.1) is 0 Å². The molecular weight excluding hydrogens is 511 g/mol. The molecule has 0 saturated heterocycles. The van der Waals surface area contributed by atoms with E-state index in [2.05, 4.69) is 20.7 Å². The number of hydrogen-bond acceptors (Lipinski definition) is 6. The molecule has 1 unspecified atom stereocenters. The van der Waals surface area contributed by atoms with Gasteiger partial charge >= 0.3 is 6.36 Å². The van der Waals surface area contributed by atoms with Gasteiger partial charge in [-0.15, -0.1) is 13.2 Å². The Morgan fingerprint density at radius 2 is 1.64 bits per heavy atom. The molecule has 0 bridgehead atoms. The first kappa shape index (κ1) is 29.2. The van der Waals surface area contributed by atoms with Crippen molar-refractivity contribution in [1.82, 2.24) is 10.2 Å². The molecule has 8 nitrogen and oxygen atoms in total. The molecular formula is C28H30F3N5O3. The second-order valence-electron chi connectivity index (χ2n) is 8.83. The van der Waals surface area contributed by atoms with Crippen LogP contribution in [0.2, 0.25) is 0 Å². The van der Waals surface area contributed by atoms with Crippen molar-refractivity contribution < 1.29 is 27.5 Å². The predicted octanol–water partition coefficient (Wildman–Crippen LogP) is 4.65. The summed E-state index contributed by atoms with van der Waals surface area (Å²) in [4.78, 5) is 27.3. The van der Waals surface area contributed by atoms with Gasteiger partial charge in [0.2, 0.25) is 11.8 Å². The first-order valence-electron chi connectivity index (χ1n) is 12.0. The number of hydrogen-bond donors (Lipinski definition) is 4. The topological polar surface area (TPSA) is 109 Å². The third-order valence-corrected chi connectivity index (χ3v) is 5.44. The Morgan fingerprint density at radius 1 is 0.974 bits per heavy atom. The summed E-state index contributed by atoms with van der Waals surface area (Å²) in [6, 6.07) is 18.2. The highest BCUT2D eigenvalue weighted by molar-refractivity contribution is 6.03. The number of amides is 2. The van der Waals surface area contributed by atoms with Gasteiger partial charge in [-0.1, -0.05) is 36.4 Å². The van der Waals surface area contributed by atoms with Crippen molar-refractivity contribution in [1.29, 1.82) is 0 Å². The predicted molar refractivity (Wildman–Crippen MR) is 146 cm³/mol. The molecule has 0 aromatic heterocycles. The molecule has 0 fully saturated rings. The maximum atomic E-state index is 13.1. The van der Waals surface area contributed by atoms with Crippen LogP contribution in [-0.4, -0.2) is 50.3 Å². The summed E-state index contributed by atoms with van der Waals surface area (Å²) in [5, 5.41) is 8.65. The van der Waals surface area contributed by atoms with Crippen molar-refractivity contribution in [3.05, 3.63) is 90.0 Å². The molecule has 0 aliphatic heterocycles. The van der Waals surface area contributed by atoms with Crippen LogP contribution in [0.15, 0.2) is 78.9 Å². The van der Waals surface area contributed by atoms with Crippen LogP contribution in [-0.2, 0) is 9.59 Å². The monoisotopic (exact) mass is 541 g/mol. The van der Waals surface area contributed by atoms with Crippen molar-refractivity contribution in [3.63, 3.8) is 0 Å². The standard InChI is InChI=1S/C28H30F3N5O3/c1-36(2)18-17-33-26(27(38)34-21-12-14-22(15-13-21)39-28(29,30)31)20-10-7-19(8-11-20)9-16-25(37)35-24-6-4-3-5-23(24)32/h3-16,26,33H,17-18,32H2,1-2H3,(H,34,38)(H,35,37)/b16-9+. The number of para-hydroxylation sites is 2. The molecule has 3 aromatic rings. The Kier molecular flexibility index (Phi) is 10.1. The molecule has 3 aromatic carbocycles. The zero-order chi connectivity index (χ0) is 28.4. The highest BCUT2D eigenvalue weighted by atomic mass is 19.4. The van der Waals surface area contributed by atoms with Crippen LogP contribution in [0.1, 0.15) is 17.2 Å². The van der Waals surface area contributed by atoms with E-state index in [1.54, 1.807) is 54.6 Å². The molecule has 0 saturated carbocycles. The van der Waals surface area contributed by atoms with Crippen molar-refractivity contribution in [3.8, 4) is 5.75 Å². The molecule has 0 aliphatic carbocycles. The van der Waals surface area contributed by atoms with E-state index >= 15 is 0 Å². The van der Waals surface area contributed by atoms with E-state index in [1.807, 2.05) is 19.0 Å². The third-order valence-electron chi connectivity index (χ3n) is 5.44. The number of carbonyl (C=O) groups is 2. The number of alkyl halides is 3. The summed E-state index contributed by atoms with van der Waals surface area (Å²) in [6.45, 7) is 1.18. The molecule has 2 amide bonds. The minimum atomic E-state index is -4.80. The SMILES string of the molecule is CN(C)CCNC(C(=O)Nc1ccc(OC(F)(F)F)cc1)c1ccc(/C=C/C(=O)Nc2ccccc2N)cc1. The van der Waals surface area contributed by atoms with E-state index in [9.17, 15) is 22.8 Å². The molecule has 3 rings (SSSR count). The molecule has 0 radical (unpaired) electrons. The number of likely N-dealkylation sites (N-methyl/N-ethyl adjacent to an activating group) is 1. The highest BCUT2D eigenvalue weighted by Crippen LogP contribution is 2.25. The molecule has 5 N–H and O–H groups in total. The number of rotatable bonds is 11. The van der Waals surface area contributed by atoms with Gasteiger partial charge in [-0.05, 0) is 67.7 Å². The Balaban J connectivity index is 1.68. The number of nitrogens with zero attached hydrogens (tertiary/aromatic N) is 1. The van der Waals surface area contributed by atoms with Gasteiger partial charge < -0.3 is 31.3 Å². The fraction of sp³-hybridized carbons (Fsp3) is 0.214. The summed E-state index contributed by atoms with van der Waals surface area (Å²) >= 11 is 0. The number of carbonyl (C=O) groups excluding carboxylic acids is 2. The second kappa shape index (κ2) is 13.4. The maximum Gasteiger partial charge on any atom is 0.573 e. The first-order valence-corrected chi connectivity index (χ1v) is 12.0. The van der Waals surface area contributed by atoms with Gasteiger partial charge in [0.25, 0.3) is 0 Å². The fourth-order valence-electron chi connectivity index (χ4n) is 3.51. The lowest BCUT2D eigenvalue weighted by Gasteiger charge is -2.20. The van der Waals surface area contributed by atoms with Crippen molar-refractivity contribution in [2.24, 2.45) is 0 Å². The van der Waals surface area contributed by atoms with Gasteiger partial charge in [-0.3, -0.25) is 9.59 Å². The van der Waals surface area contributed by atoms with Crippen LogP contribution in [0.4, 0.5) is 30.2 Å². The van der Waals surface area contributed by atoms with Crippen molar-refractivity contribution in [2.45, 2.75) is 12.4 Å². The average Bonchev–Trinajstić information content (AvgIpc) is 2.87. The molecule has 0 heterocycles. The number of nitrogen functional groups attached to an aromatic ring is 1. The van der Waals surface area contributed by atoms with Crippen molar-refractivity contribution >= 4 is 35.0 Å². The van der Waals surface area contributed by atoms with Gasteiger partial charge in [0.15, 0.2) is 0 Å². The van der Waals surface area contributed by atoms with Crippen LogP contribution < -0.4 is 26.4 Å². The molecule has 0 aliphatic rings. The Bertz CT molecular complexity index is 1280. The number of anilines is 3. The molecule has 1 atom stereocenters. The molecule has 0 spiro atoms. The van der Waals surface area contributed by atoms with Gasteiger partial charge in [-0.2, -0.15) is 0 Å². The Morgan fingerprint density at radius 3 is 2.26 bits per heavy atom. The van der Waals surface area contributed by atoms with Gasteiger partial charge in [0.1, 0.15) is 11.8 Å². The van der Waals surface area contributed by atoms with E-state index in [0.29, 0.717) is 35.7 Å². The van der Waals surface area contributed by atoms with Gasteiger partial charge in [-0.25, -0.2) is 0 Å². The summed E-state index contributed by atoms with van der Waals surface area (Å²) in [6.07, 6.45) is -1.78. The number of nitrogens with one attached hydrogen (secondary N) is 3. The number of benzene rings is 3. The largest absolute Gasteiger partial charge is 0.573 e. The second-order valence-corrected chi connectivity index (χ2v) is 8.83. The van der Waals surface area contributed by atoms with E-state index in [4.69, 9.17) is 5.73 Å². The van der Waals surface area contributed by atoms with Crippen LogP contribution in [0.25, 0.3) is 6.08 Å². The van der Waals surface area contributed by atoms with Gasteiger partial charge in [0, 0.05) is 24.9 Å². The van der Waals surface area contributed by atoms with Gasteiger partial charge in [0.05, 0.1) is 11.4 Å². The first-order chi connectivity index (χ1) is 18.5. The summed E-state index contributed by atoms with van der Waals surface area (Å²) in [5.74, 6) is -1.11. The van der Waals surface area contributed by atoms with E-state index in [1.165, 1.54) is 18.2 Å². The van der Waals surface area contributed by atoms with Crippen molar-refractivity contribution in [2.75, 3.05) is 43.6 Å². The maximum absolute atomic E-state index is 13.1. The normalized spacial score (nSPS) is 12.4. The van der Waals surface area contributed by atoms with E-state index < -0.39 is 12.4 Å². The zero-order valence-electron chi connectivity index (χ0n) is 21.5. The summed E-state index contributed by atoms with van der Waals surface area (Å²) in [5.41, 5.74) is 8.55. The minimum absolute atomic E-state index is 0.318. The van der Waals surface area contributed by atoms with Crippen LogP contribution >= 0.6 is 0 Å². The van der Waals surface area contributed by atoms with E-state index in [0.717, 1.165) is 17.7 Å². The smallest absolute Gasteiger partial charge is 0.406 e. The summed E-state index contributed by atoms with van der Waals surface area (Å²) in [7, 11) is 3.81. The lowest BCUT2D eigenvalue weighted by Crippen LogP contribution is -2.36. The molecule has 206 valence electrons. The lowest BCUT2D eigenvalue weighted by atomic mass is 10.0. The highest BCUT2D eigenvalue weighted by Gasteiger charge is 2.31. The molecule has 39 heavy (non-hydrogen) atoms. The minimum Gasteiger partial charge on any atom is -0.406 e. The van der Waals surface area contributed by atoms with Crippen LogP contribution in [0.3, 0.4) is 0 Å². The zero-order valence-corrected chi connectivity index (χ0v) is 21.5. The molecule has 11 heteroatoms. The number of halogens is 3. The van der Waals surface area contributed by atoms with Crippen LogP contribution in [0.5, 0.6) is 5.75 Å². The summed E-state index contributed by atoms with van der Waals surface area (Å²) < 4.78 is 41.1. The fourth-order valence-corrected chi connectivity index (χ4v) is 3.51. The lowest BCUT2D eigenvalue weighted by molar-refractivity contribution is -0.274. The quantitative estimate of drug-likeness (QED) is 0.208. The Hall–Kier alpha value is -4.35.